The second-order valence-electron chi connectivity index (χ2n) is 8.43. The number of thioether (sulfide) groups is 1. The Balaban J connectivity index is 1.79. The van der Waals surface area contributed by atoms with Gasteiger partial charge in [0.25, 0.3) is 0 Å². The molecule has 10 atom stereocenters. The molecule has 2 aliphatic rings. The van der Waals surface area contributed by atoms with E-state index in [1.165, 1.54) is 26.4 Å². The Morgan fingerprint density at radius 2 is 1.31 bits per heavy atom. The predicted molar refractivity (Wildman–Crippen MR) is 121 cm³/mol. The first-order valence-corrected chi connectivity index (χ1v) is 11.9. The lowest BCUT2D eigenvalue weighted by molar-refractivity contribution is -0.209. The van der Waals surface area contributed by atoms with Gasteiger partial charge >= 0.3 is 0 Å². The molecule has 2 heterocycles. The number of aliphatic hydroxyl groups is 7. The summed E-state index contributed by atoms with van der Waals surface area (Å²) in [6.07, 6.45) is -10.2. The molecule has 3 rings (SSSR count). The van der Waals surface area contributed by atoms with Crippen molar-refractivity contribution in [1.29, 1.82) is 0 Å². The Bertz CT molecular complexity index is 831. The summed E-state index contributed by atoms with van der Waals surface area (Å²) < 4.78 is 21.4. The van der Waals surface area contributed by atoms with Crippen molar-refractivity contribution in [2.24, 2.45) is 5.92 Å². The fraction of sp³-hybridized carbons (Fsp3) is 0.682. The van der Waals surface area contributed by atoms with Crippen LogP contribution in [0.25, 0.3) is 0 Å². The molecular formula is C22H32O12S. The van der Waals surface area contributed by atoms with Crippen LogP contribution >= 0.6 is 11.8 Å². The van der Waals surface area contributed by atoms with E-state index in [9.17, 15) is 40.5 Å². The summed E-state index contributed by atoms with van der Waals surface area (Å²) >= 11 is 0.742. The second-order valence-corrected chi connectivity index (χ2v) is 9.63. The summed E-state index contributed by atoms with van der Waals surface area (Å²) in [7, 11) is 2.86. The van der Waals surface area contributed by atoms with Crippen molar-refractivity contribution < 1.29 is 59.5 Å². The number of aliphatic hydroxyl groups excluding tert-OH is 7. The molecule has 1 aromatic carbocycles. The minimum absolute atomic E-state index is 0.228. The molecule has 7 N–H and O–H groups in total. The average molecular weight is 521 g/mol. The molecule has 0 aromatic heterocycles. The van der Waals surface area contributed by atoms with Gasteiger partial charge in [0.2, 0.25) is 0 Å². The molecule has 0 radical (unpaired) electrons. The maximum absolute atomic E-state index is 13.0. The van der Waals surface area contributed by atoms with Crippen molar-refractivity contribution in [3.8, 4) is 11.5 Å². The third kappa shape index (κ3) is 6.07. The minimum atomic E-state index is -1.63. The first kappa shape index (κ1) is 28.1. The van der Waals surface area contributed by atoms with Crippen LogP contribution in [0, 0.1) is 5.92 Å². The molecule has 0 amide bonds. The van der Waals surface area contributed by atoms with Gasteiger partial charge in [-0.05, 0) is 12.1 Å². The molecule has 35 heavy (non-hydrogen) atoms. The van der Waals surface area contributed by atoms with Gasteiger partial charge in [-0.1, -0.05) is 11.8 Å². The third-order valence-corrected chi connectivity index (χ3v) is 7.55. The molecule has 12 nitrogen and oxygen atoms in total. The van der Waals surface area contributed by atoms with Crippen LogP contribution in [0.5, 0.6) is 11.5 Å². The minimum Gasteiger partial charge on any atom is -0.497 e. The van der Waals surface area contributed by atoms with Gasteiger partial charge in [-0.25, -0.2) is 0 Å². The predicted octanol–water partition coefficient (Wildman–Crippen LogP) is -2.14. The van der Waals surface area contributed by atoms with E-state index in [1.54, 1.807) is 6.07 Å². The van der Waals surface area contributed by atoms with Crippen LogP contribution in [-0.4, -0.2) is 123 Å². The van der Waals surface area contributed by atoms with E-state index in [-0.39, 0.29) is 12.0 Å². The summed E-state index contributed by atoms with van der Waals surface area (Å²) in [5, 5.41) is 71.1. The summed E-state index contributed by atoms with van der Waals surface area (Å²) in [5.41, 5.74) is -2.18. The number of carbonyl (C=O) groups is 1. The Labute approximate surface area is 206 Å². The van der Waals surface area contributed by atoms with E-state index < -0.39 is 78.5 Å². The number of hydrogen-bond donors (Lipinski definition) is 7. The highest BCUT2D eigenvalue weighted by molar-refractivity contribution is 8.00. The monoisotopic (exact) mass is 520 g/mol. The molecule has 0 aliphatic carbocycles. The van der Waals surface area contributed by atoms with Crippen molar-refractivity contribution in [2.45, 2.75) is 60.0 Å². The Hall–Kier alpha value is -1.52. The number of rotatable bonds is 9. The van der Waals surface area contributed by atoms with Gasteiger partial charge in [0.05, 0.1) is 39.6 Å². The smallest absolute Gasteiger partial charge is 0.163 e. The molecule has 0 saturated carbocycles. The number of carbonyl (C=O) groups excluding carboxylic acids is 1. The fourth-order valence-electron chi connectivity index (χ4n) is 4.13. The normalized spacial score (nSPS) is 37.6. The number of ether oxygens (including phenoxy) is 4. The van der Waals surface area contributed by atoms with Crippen LogP contribution in [-0.2, 0) is 9.47 Å². The van der Waals surface area contributed by atoms with Gasteiger partial charge in [-0.2, -0.15) is 0 Å². The van der Waals surface area contributed by atoms with Crippen LogP contribution in [0.3, 0.4) is 0 Å². The molecule has 0 bridgehead atoms. The van der Waals surface area contributed by atoms with Gasteiger partial charge in [0, 0.05) is 24.0 Å². The SMILES string of the molecule is COc1cc(OC)cc(C(=O)C[C@@H]2C(O)[C@H](S[C@@H]3O[C@H](CO)[C@H](O)C(O)C3O)OC(CO)[C@@H]2O)c1. The van der Waals surface area contributed by atoms with E-state index in [0.717, 1.165) is 11.8 Å². The molecular weight excluding hydrogens is 488 g/mol. The van der Waals surface area contributed by atoms with Crippen LogP contribution in [0.4, 0.5) is 0 Å². The van der Waals surface area contributed by atoms with Crippen molar-refractivity contribution >= 4 is 17.5 Å². The highest BCUT2D eigenvalue weighted by Gasteiger charge is 2.50. The highest BCUT2D eigenvalue weighted by Crippen LogP contribution is 2.39. The number of Topliss-reactive ketones (excluding diaryl/α,β-unsaturated/α-hetero) is 1. The third-order valence-electron chi connectivity index (χ3n) is 6.24. The number of methoxy groups -OCH3 is 2. The maximum Gasteiger partial charge on any atom is 0.163 e. The molecule has 1 aromatic rings. The molecule has 2 saturated heterocycles. The molecule has 0 spiro atoms. The zero-order chi connectivity index (χ0) is 25.9. The standard InChI is InChI=1S/C22H32O12S/c1-31-10-3-9(4-11(5-10)32-2)13(25)6-12-16(26)14(7-23)33-21(17(12)27)35-22-20(30)19(29)18(28)15(8-24)34-22/h3-5,12,14-24,26-30H,6-8H2,1-2H3/t12-,14?,15+,16+,17?,18-,19?,20?,21-,22-/m0/s1. The fourth-order valence-corrected chi connectivity index (χ4v) is 5.49. The van der Waals surface area contributed by atoms with Gasteiger partial charge in [-0.3, -0.25) is 4.79 Å². The van der Waals surface area contributed by atoms with E-state index in [2.05, 4.69) is 0 Å². The maximum atomic E-state index is 13.0. The van der Waals surface area contributed by atoms with E-state index in [1.807, 2.05) is 0 Å². The van der Waals surface area contributed by atoms with Gasteiger partial charge < -0.3 is 54.7 Å². The van der Waals surface area contributed by atoms with E-state index in [0.29, 0.717) is 11.5 Å². The van der Waals surface area contributed by atoms with Crippen LogP contribution in [0.15, 0.2) is 18.2 Å². The Kier molecular flexibility index (Phi) is 9.74. The topological polar surface area (TPSA) is 196 Å². The lowest BCUT2D eigenvalue weighted by Crippen LogP contribution is -2.59. The lowest BCUT2D eigenvalue weighted by Gasteiger charge is -2.45. The average Bonchev–Trinajstić information content (AvgIpc) is 2.87. The van der Waals surface area contributed by atoms with Crippen molar-refractivity contribution in [2.75, 3.05) is 27.4 Å². The zero-order valence-electron chi connectivity index (χ0n) is 19.2. The Morgan fingerprint density at radius 3 is 1.83 bits per heavy atom. The molecule has 198 valence electrons. The zero-order valence-corrected chi connectivity index (χ0v) is 20.0. The second kappa shape index (κ2) is 12.1. The summed E-state index contributed by atoms with van der Waals surface area (Å²) in [6.45, 7) is -1.24. The highest BCUT2D eigenvalue weighted by atomic mass is 32.2. The molecule has 4 unspecified atom stereocenters. The summed E-state index contributed by atoms with van der Waals surface area (Å²) in [4.78, 5) is 13.0. The van der Waals surface area contributed by atoms with Crippen molar-refractivity contribution in [3.63, 3.8) is 0 Å². The molecule has 2 fully saturated rings. The number of benzene rings is 1. The number of hydrogen-bond acceptors (Lipinski definition) is 13. The van der Waals surface area contributed by atoms with Crippen LogP contribution < -0.4 is 9.47 Å². The van der Waals surface area contributed by atoms with Crippen LogP contribution in [0.1, 0.15) is 16.8 Å². The van der Waals surface area contributed by atoms with Crippen molar-refractivity contribution in [1.82, 2.24) is 0 Å². The molecule has 13 heteroatoms. The summed E-state index contributed by atoms with van der Waals surface area (Å²) in [6, 6.07) is 4.57. The first-order valence-electron chi connectivity index (χ1n) is 11.0. The van der Waals surface area contributed by atoms with Gasteiger partial charge in [-0.15, -0.1) is 0 Å². The largest absolute Gasteiger partial charge is 0.497 e. The van der Waals surface area contributed by atoms with Gasteiger partial charge in [0.1, 0.15) is 52.9 Å². The quantitative estimate of drug-likeness (QED) is 0.175. The van der Waals surface area contributed by atoms with Crippen LogP contribution in [0.2, 0.25) is 0 Å². The Morgan fingerprint density at radius 1 is 0.800 bits per heavy atom. The van der Waals surface area contributed by atoms with E-state index in [4.69, 9.17) is 18.9 Å². The first-order chi connectivity index (χ1) is 16.6. The lowest BCUT2D eigenvalue weighted by atomic mass is 9.84. The van der Waals surface area contributed by atoms with E-state index >= 15 is 0 Å². The number of ketones is 1. The van der Waals surface area contributed by atoms with Crippen molar-refractivity contribution in [3.05, 3.63) is 23.8 Å². The molecule has 2 aliphatic heterocycles. The van der Waals surface area contributed by atoms with Gasteiger partial charge in [0.15, 0.2) is 5.78 Å². The summed E-state index contributed by atoms with van der Waals surface area (Å²) in [5.74, 6) is -0.733.